The summed E-state index contributed by atoms with van der Waals surface area (Å²) >= 11 is 15.5. The van der Waals surface area contributed by atoms with E-state index in [0.717, 1.165) is 10.3 Å². The zero-order valence-electron chi connectivity index (χ0n) is 11.9. The number of rotatable bonds is 3. The van der Waals surface area contributed by atoms with Crippen LogP contribution in [0.25, 0.3) is 0 Å². The highest BCUT2D eigenvalue weighted by Crippen LogP contribution is 2.36. The van der Waals surface area contributed by atoms with Gasteiger partial charge >= 0.3 is 0 Å². The molecule has 1 aromatic heterocycles. The lowest BCUT2D eigenvalue weighted by Gasteiger charge is -2.21. The molecule has 0 aliphatic rings. The maximum absolute atomic E-state index is 6.14. The summed E-state index contributed by atoms with van der Waals surface area (Å²) in [5.74, 6) is 1.65. The summed E-state index contributed by atoms with van der Waals surface area (Å²) in [6.07, 6.45) is 0. The molecule has 0 amide bonds. The van der Waals surface area contributed by atoms with E-state index in [1.54, 1.807) is 18.2 Å². The first-order valence-electron chi connectivity index (χ1n) is 6.32. The van der Waals surface area contributed by atoms with Crippen LogP contribution in [-0.2, 0) is 0 Å². The molecule has 0 spiro atoms. The average molecular weight is 390 g/mol. The van der Waals surface area contributed by atoms with Crippen LogP contribution in [0.1, 0.15) is 20.8 Å². The molecule has 0 saturated carbocycles. The summed E-state index contributed by atoms with van der Waals surface area (Å²) in [4.78, 5) is 4.40. The zero-order chi connectivity index (χ0) is 15.6. The van der Waals surface area contributed by atoms with Crippen molar-refractivity contribution in [3.63, 3.8) is 0 Å². The van der Waals surface area contributed by atoms with Gasteiger partial charge in [0.1, 0.15) is 11.6 Å². The zero-order valence-corrected chi connectivity index (χ0v) is 15.0. The Morgan fingerprint density at radius 1 is 1.14 bits per heavy atom. The molecule has 2 aromatic rings. The summed E-state index contributed by atoms with van der Waals surface area (Å²) in [5.41, 5.74) is -0.0792. The topological polar surface area (TPSA) is 34.1 Å². The Morgan fingerprint density at radius 3 is 2.52 bits per heavy atom. The minimum Gasteiger partial charge on any atom is -0.437 e. The summed E-state index contributed by atoms with van der Waals surface area (Å²) in [6.45, 7) is 6.19. The van der Waals surface area contributed by atoms with E-state index in [9.17, 15) is 0 Å². The lowest BCUT2D eigenvalue weighted by Crippen LogP contribution is -2.26. The molecule has 0 radical (unpaired) electrons. The molecular weight excluding hydrogens is 375 g/mol. The van der Waals surface area contributed by atoms with Crippen LogP contribution >= 0.6 is 39.1 Å². The molecule has 3 nitrogen and oxygen atoms in total. The summed E-state index contributed by atoms with van der Waals surface area (Å²) in [5, 5.41) is 4.27. The Labute approximate surface area is 142 Å². The van der Waals surface area contributed by atoms with Gasteiger partial charge < -0.3 is 10.1 Å². The highest BCUT2D eigenvalue weighted by atomic mass is 79.9. The lowest BCUT2D eigenvalue weighted by molar-refractivity contribution is 0.463. The fraction of sp³-hybridized carbons (Fsp3) is 0.267. The van der Waals surface area contributed by atoms with Crippen molar-refractivity contribution in [2.45, 2.75) is 26.3 Å². The van der Waals surface area contributed by atoms with Crippen molar-refractivity contribution >= 4 is 44.9 Å². The third kappa shape index (κ3) is 4.77. The molecule has 0 saturated heterocycles. The van der Waals surface area contributed by atoms with Crippen LogP contribution in [0.2, 0.25) is 10.0 Å². The molecule has 0 aliphatic carbocycles. The number of hydrogen-bond donors (Lipinski definition) is 1. The SMILES string of the molecule is CC(C)(C)Nc1cccc(Oc2cc(Cl)c(Br)cc2Cl)n1. The van der Waals surface area contributed by atoms with E-state index >= 15 is 0 Å². The van der Waals surface area contributed by atoms with Crippen molar-refractivity contribution in [2.24, 2.45) is 0 Å². The van der Waals surface area contributed by atoms with Crippen LogP contribution in [-0.4, -0.2) is 10.5 Å². The van der Waals surface area contributed by atoms with Gasteiger partial charge in [-0.2, -0.15) is 4.98 Å². The number of anilines is 1. The van der Waals surface area contributed by atoms with E-state index in [1.165, 1.54) is 0 Å². The van der Waals surface area contributed by atoms with Gasteiger partial charge in [-0.3, -0.25) is 0 Å². The largest absolute Gasteiger partial charge is 0.437 e. The summed E-state index contributed by atoms with van der Waals surface area (Å²) in [6, 6.07) is 8.86. The van der Waals surface area contributed by atoms with Gasteiger partial charge in [0.25, 0.3) is 0 Å². The van der Waals surface area contributed by atoms with Gasteiger partial charge in [0.15, 0.2) is 0 Å². The van der Waals surface area contributed by atoms with E-state index in [0.29, 0.717) is 21.7 Å². The van der Waals surface area contributed by atoms with Crippen LogP contribution in [0.15, 0.2) is 34.8 Å². The molecule has 1 N–H and O–H groups in total. The lowest BCUT2D eigenvalue weighted by atomic mass is 10.1. The molecule has 1 heterocycles. The number of nitrogens with zero attached hydrogens (tertiary/aromatic N) is 1. The minimum atomic E-state index is -0.0792. The number of hydrogen-bond acceptors (Lipinski definition) is 3. The fourth-order valence-corrected chi connectivity index (χ4v) is 2.45. The molecule has 0 aliphatic heterocycles. The second-order valence-electron chi connectivity index (χ2n) is 5.53. The van der Waals surface area contributed by atoms with E-state index in [2.05, 4.69) is 47.0 Å². The fourth-order valence-electron chi connectivity index (χ4n) is 1.62. The molecule has 0 fully saturated rings. The Balaban J connectivity index is 2.24. The van der Waals surface area contributed by atoms with Crippen LogP contribution in [0.4, 0.5) is 5.82 Å². The second kappa shape index (κ2) is 6.42. The molecule has 6 heteroatoms. The number of pyridine rings is 1. The first-order valence-corrected chi connectivity index (χ1v) is 7.87. The first-order chi connectivity index (χ1) is 9.74. The average Bonchev–Trinajstić information content (AvgIpc) is 2.34. The number of halogens is 3. The van der Waals surface area contributed by atoms with Gasteiger partial charge in [-0.25, -0.2) is 0 Å². The minimum absolute atomic E-state index is 0.0792. The van der Waals surface area contributed by atoms with Crippen LogP contribution in [0.5, 0.6) is 11.6 Å². The van der Waals surface area contributed by atoms with Crippen molar-refractivity contribution in [1.82, 2.24) is 4.98 Å². The number of ether oxygens (including phenoxy) is 1. The molecule has 0 bridgehead atoms. The Hall–Kier alpha value is -0.970. The van der Waals surface area contributed by atoms with Crippen LogP contribution in [0, 0.1) is 0 Å². The van der Waals surface area contributed by atoms with Gasteiger partial charge in [-0.05, 0) is 48.8 Å². The maximum atomic E-state index is 6.14. The predicted octanol–water partition coefficient (Wildman–Crippen LogP) is 6.15. The van der Waals surface area contributed by atoms with Crippen LogP contribution < -0.4 is 10.1 Å². The van der Waals surface area contributed by atoms with Gasteiger partial charge in [0.2, 0.25) is 5.88 Å². The third-order valence-electron chi connectivity index (χ3n) is 2.42. The smallest absolute Gasteiger partial charge is 0.221 e. The Bertz CT molecular complexity index is 657. The molecule has 2 rings (SSSR count). The molecule has 112 valence electrons. The third-order valence-corrected chi connectivity index (χ3v) is 3.91. The van der Waals surface area contributed by atoms with E-state index in [-0.39, 0.29) is 5.54 Å². The van der Waals surface area contributed by atoms with Crippen molar-refractivity contribution in [3.8, 4) is 11.6 Å². The molecule has 0 atom stereocenters. The molecule has 0 unspecified atom stereocenters. The quantitative estimate of drug-likeness (QED) is 0.638. The maximum Gasteiger partial charge on any atom is 0.221 e. The predicted molar refractivity (Wildman–Crippen MR) is 91.8 cm³/mol. The number of aromatic nitrogens is 1. The van der Waals surface area contributed by atoms with Gasteiger partial charge in [0.05, 0.1) is 10.0 Å². The highest BCUT2D eigenvalue weighted by molar-refractivity contribution is 9.10. The van der Waals surface area contributed by atoms with Crippen molar-refractivity contribution in [3.05, 3.63) is 44.8 Å². The molecule has 21 heavy (non-hydrogen) atoms. The summed E-state index contributed by atoms with van der Waals surface area (Å²) < 4.78 is 6.43. The van der Waals surface area contributed by atoms with Gasteiger partial charge in [-0.15, -0.1) is 0 Å². The van der Waals surface area contributed by atoms with Gasteiger partial charge in [0, 0.05) is 22.1 Å². The van der Waals surface area contributed by atoms with Crippen molar-refractivity contribution in [1.29, 1.82) is 0 Å². The number of nitrogens with one attached hydrogen (secondary N) is 1. The first kappa shape index (κ1) is 16.4. The highest BCUT2D eigenvalue weighted by Gasteiger charge is 2.12. The monoisotopic (exact) mass is 388 g/mol. The second-order valence-corrected chi connectivity index (χ2v) is 7.20. The summed E-state index contributed by atoms with van der Waals surface area (Å²) in [7, 11) is 0. The Kier molecular flexibility index (Phi) is 5.02. The van der Waals surface area contributed by atoms with Crippen molar-refractivity contribution in [2.75, 3.05) is 5.32 Å². The molecular formula is C15H15BrCl2N2O. The Morgan fingerprint density at radius 2 is 1.86 bits per heavy atom. The van der Waals surface area contributed by atoms with Crippen LogP contribution in [0.3, 0.4) is 0 Å². The van der Waals surface area contributed by atoms with E-state index in [1.807, 2.05) is 12.1 Å². The normalized spacial score (nSPS) is 11.3. The number of benzene rings is 1. The van der Waals surface area contributed by atoms with Gasteiger partial charge in [-0.1, -0.05) is 29.3 Å². The van der Waals surface area contributed by atoms with Crippen molar-refractivity contribution < 1.29 is 4.74 Å². The van der Waals surface area contributed by atoms with E-state index < -0.39 is 0 Å². The van der Waals surface area contributed by atoms with E-state index in [4.69, 9.17) is 27.9 Å². The standard InChI is InChI=1S/C15H15BrCl2N2O/c1-15(2,3)20-13-5-4-6-14(19-13)21-12-8-10(17)9(16)7-11(12)18/h4-8H,1-3H3,(H,19,20). The molecule has 1 aromatic carbocycles.